The number of aromatic nitrogens is 2. The second kappa shape index (κ2) is 7.13. The monoisotopic (exact) mass is 376 g/mol. The van der Waals surface area contributed by atoms with Crippen LogP contribution in [0.15, 0.2) is 47.4 Å². The van der Waals surface area contributed by atoms with Crippen molar-refractivity contribution in [1.29, 1.82) is 0 Å². The normalized spacial score (nSPS) is 10.7. The predicted octanol–water partition coefficient (Wildman–Crippen LogP) is 2.97. The molecule has 1 aromatic carbocycles. The summed E-state index contributed by atoms with van der Waals surface area (Å²) < 4.78 is 1.39. The van der Waals surface area contributed by atoms with Crippen molar-refractivity contribution in [3.63, 3.8) is 0 Å². The third-order valence-corrected chi connectivity index (χ3v) is 4.13. The van der Waals surface area contributed by atoms with Gasteiger partial charge in [-0.3, -0.25) is 14.0 Å². The minimum atomic E-state index is -0.251. The van der Waals surface area contributed by atoms with Crippen LogP contribution < -0.4 is 16.2 Å². The molecule has 0 atom stereocenters. The van der Waals surface area contributed by atoms with Gasteiger partial charge in [0.15, 0.2) is 0 Å². The molecule has 1 amide bonds. The van der Waals surface area contributed by atoms with Crippen molar-refractivity contribution in [2.75, 3.05) is 12.4 Å². The number of hydrogen-bond acceptors (Lipinski definition) is 4. The molecule has 2 heterocycles. The van der Waals surface area contributed by atoms with E-state index in [9.17, 15) is 9.59 Å². The average Bonchev–Trinajstić information content (AvgIpc) is 2.60. The van der Waals surface area contributed by atoms with Crippen LogP contribution in [0.3, 0.4) is 0 Å². The van der Waals surface area contributed by atoms with Crippen LogP contribution in [0.2, 0.25) is 10.0 Å². The Hall–Kier alpha value is -2.57. The predicted molar refractivity (Wildman–Crippen MR) is 98.6 cm³/mol. The second-order valence-corrected chi connectivity index (χ2v) is 6.13. The molecule has 0 saturated heterocycles. The number of pyridine rings is 1. The van der Waals surface area contributed by atoms with E-state index in [0.29, 0.717) is 33.5 Å². The van der Waals surface area contributed by atoms with E-state index in [4.69, 9.17) is 23.2 Å². The highest BCUT2D eigenvalue weighted by atomic mass is 35.5. The number of nitrogens with zero attached hydrogens (tertiary/aromatic N) is 2. The van der Waals surface area contributed by atoms with Crippen molar-refractivity contribution in [1.82, 2.24) is 14.7 Å². The number of fused-ring (bicyclic) bond motifs is 1. The molecular weight excluding hydrogens is 363 g/mol. The first-order valence-electron chi connectivity index (χ1n) is 7.41. The molecule has 0 aliphatic carbocycles. The summed E-state index contributed by atoms with van der Waals surface area (Å²) in [5, 5.41) is 6.47. The molecule has 3 rings (SSSR count). The van der Waals surface area contributed by atoms with Crippen LogP contribution in [0.25, 0.3) is 5.65 Å². The first-order chi connectivity index (χ1) is 12.0. The van der Waals surface area contributed by atoms with Crippen LogP contribution in [0, 0.1) is 0 Å². The molecular formula is C17H14Cl2N4O2. The fourth-order valence-electron chi connectivity index (χ4n) is 2.35. The lowest BCUT2D eigenvalue weighted by Crippen LogP contribution is -2.18. The zero-order valence-electron chi connectivity index (χ0n) is 13.2. The Bertz CT molecular complexity index is 1020. The van der Waals surface area contributed by atoms with Gasteiger partial charge >= 0.3 is 0 Å². The maximum absolute atomic E-state index is 12.1. The van der Waals surface area contributed by atoms with Gasteiger partial charge in [0, 0.05) is 25.0 Å². The molecule has 25 heavy (non-hydrogen) atoms. The molecule has 0 aliphatic heterocycles. The van der Waals surface area contributed by atoms with Gasteiger partial charge in [-0.2, -0.15) is 0 Å². The molecule has 3 aromatic rings. The van der Waals surface area contributed by atoms with E-state index in [1.54, 1.807) is 37.4 Å². The van der Waals surface area contributed by atoms with Crippen LogP contribution in [0.5, 0.6) is 0 Å². The highest BCUT2D eigenvalue weighted by molar-refractivity contribution is 6.34. The molecule has 128 valence electrons. The molecule has 0 aliphatic rings. The average molecular weight is 377 g/mol. The van der Waals surface area contributed by atoms with Gasteiger partial charge in [-0.25, -0.2) is 4.98 Å². The lowest BCUT2D eigenvalue weighted by Gasteiger charge is -2.09. The van der Waals surface area contributed by atoms with Crippen molar-refractivity contribution in [3.8, 4) is 0 Å². The minimum absolute atomic E-state index is 0.211. The number of benzene rings is 1. The van der Waals surface area contributed by atoms with Crippen molar-refractivity contribution in [3.05, 3.63) is 74.3 Å². The van der Waals surface area contributed by atoms with E-state index in [1.165, 1.54) is 16.7 Å². The number of hydrogen-bond donors (Lipinski definition) is 2. The number of amides is 1. The third kappa shape index (κ3) is 3.75. The van der Waals surface area contributed by atoms with Crippen LogP contribution in [-0.2, 0) is 6.54 Å². The third-order valence-electron chi connectivity index (χ3n) is 3.59. The van der Waals surface area contributed by atoms with Crippen molar-refractivity contribution < 1.29 is 4.79 Å². The number of halogens is 2. The number of rotatable bonds is 4. The Labute approximate surface area is 153 Å². The molecule has 2 aromatic heterocycles. The summed E-state index contributed by atoms with van der Waals surface area (Å²) in [5.74, 6) is -0.251. The van der Waals surface area contributed by atoms with Crippen LogP contribution in [0.1, 0.15) is 16.1 Å². The van der Waals surface area contributed by atoms with Gasteiger partial charge in [-0.15, -0.1) is 0 Å². The standard InChI is InChI=1S/C17H14Cl2N4O2/c1-20-17(25)13-4-3-11(6-14(13)19)21-8-12-7-16(24)23-9-10(18)2-5-15(23)22-12/h2-7,9,21H,8H2,1H3,(H,20,25). The van der Waals surface area contributed by atoms with E-state index in [1.807, 2.05) is 0 Å². The Morgan fingerprint density at radius 1 is 1.20 bits per heavy atom. The van der Waals surface area contributed by atoms with Crippen LogP contribution in [0.4, 0.5) is 5.69 Å². The Morgan fingerprint density at radius 2 is 2.00 bits per heavy atom. The molecule has 0 spiro atoms. The molecule has 8 heteroatoms. The molecule has 0 saturated carbocycles. The first kappa shape index (κ1) is 17.3. The molecule has 0 bridgehead atoms. The smallest absolute Gasteiger partial charge is 0.258 e. The quantitative estimate of drug-likeness (QED) is 0.733. The lowest BCUT2D eigenvalue weighted by molar-refractivity contribution is 0.0963. The van der Waals surface area contributed by atoms with Gasteiger partial charge in [0.1, 0.15) is 5.65 Å². The highest BCUT2D eigenvalue weighted by Gasteiger charge is 2.09. The summed E-state index contributed by atoms with van der Waals surface area (Å²) in [4.78, 5) is 28.2. The molecule has 0 radical (unpaired) electrons. The van der Waals surface area contributed by atoms with Crippen LogP contribution in [-0.4, -0.2) is 22.3 Å². The Balaban J connectivity index is 1.81. The number of anilines is 1. The summed E-state index contributed by atoms with van der Waals surface area (Å²) in [6, 6.07) is 9.83. The summed E-state index contributed by atoms with van der Waals surface area (Å²) in [6.45, 7) is 0.337. The zero-order chi connectivity index (χ0) is 18.0. The first-order valence-corrected chi connectivity index (χ1v) is 8.17. The fourth-order valence-corrected chi connectivity index (χ4v) is 2.78. The summed E-state index contributed by atoms with van der Waals surface area (Å²) >= 11 is 12.0. The summed E-state index contributed by atoms with van der Waals surface area (Å²) in [5.41, 5.74) is 2.00. The molecule has 6 nitrogen and oxygen atoms in total. The van der Waals surface area contributed by atoms with Gasteiger partial charge in [0.2, 0.25) is 0 Å². The van der Waals surface area contributed by atoms with E-state index >= 15 is 0 Å². The second-order valence-electron chi connectivity index (χ2n) is 5.29. The fraction of sp³-hybridized carbons (Fsp3) is 0.118. The minimum Gasteiger partial charge on any atom is -0.379 e. The van der Waals surface area contributed by atoms with Crippen molar-refractivity contribution in [2.24, 2.45) is 0 Å². The molecule has 2 N–H and O–H groups in total. The van der Waals surface area contributed by atoms with Gasteiger partial charge in [0.25, 0.3) is 11.5 Å². The zero-order valence-corrected chi connectivity index (χ0v) is 14.7. The van der Waals surface area contributed by atoms with E-state index < -0.39 is 0 Å². The Kier molecular flexibility index (Phi) is 4.92. The van der Waals surface area contributed by atoms with Gasteiger partial charge in [-0.05, 0) is 30.3 Å². The maximum atomic E-state index is 12.1. The topological polar surface area (TPSA) is 75.5 Å². The van der Waals surface area contributed by atoms with E-state index in [-0.39, 0.29) is 11.5 Å². The van der Waals surface area contributed by atoms with Gasteiger partial charge < -0.3 is 10.6 Å². The van der Waals surface area contributed by atoms with Gasteiger partial charge in [0.05, 0.1) is 27.8 Å². The number of carbonyl (C=O) groups is 1. The largest absolute Gasteiger partial charge is 0.379 e. The van der Waals surface area contributed by atoms with E-state index in [0.717, 1.165) is 5.69 Å². The van der Waals surface area contributed by atoms with Crippen molar-refractivity contribution >= 4 is 40.4 Å². The molecule has 0 fully saturated rings. The maximum Gasteiger partial charge on any atom is 0.258 e. The Morgan fingerprint density at radius 3 is 2.72 bits per heavy atom. The highest BCUT2D eigenvalue weighted by Crippen LogP contribution is 2.21. The number of nitrogens with one attached hydrogen (secondary N) is 2. The van der Waals surface area contributed by atoms with Crippen LogP contribution >= 0.6 is 23.2 Å². The SMILES string of the molecule is CNC(=O)c1ccc(NCc2cc(=O)n3cc(Cl)ccc3n2)cc1Cl. The van der Waals surface area contributed by atoms with E-state index in [2.05, 4.69) is 15.6 Å². The molecule has 0 unspecified atom stereocenters. The lowest BCUT2D eigenvalue weighted by atomic mass is 10.2. The van der Waals surface area contributed by atoms with Gasteiger partial charge in [-0.1, -0.05) is 23.2 Å². The summed E-state index contributed by atoms with van der Waals surface area (Å²) in [7, 11) is 1.54. The van der Waals surface area contributed by atoms with Crippen molar-refractivity contribution in [2.45, 2.75) is 6.54 Å². The summed E-state index contributed by atoms with van der Waals surface area (Å²) in [6.07, 6.45) is 1.53. The number of carbonyl (C=O) groups excluding carboxylic acids is 1.